The van der Waals surface area contributed by atoms with Crippen LogP contribution in [0, 0.1) is 46.8 Å². The summed E-state index contributed by atoms with van der Waals surface area (Å²) >= 11 is 0. The second-order valence-electron chi connectivity index (χ2n) is 12.7. The molecule has 2 nitrogen and oxygen atoms in total. The molecule has 0 aromatic carbocycles. The largest absolute Gasteiger partial charge is 0.390 e. The molecule has 162 valence electrons. The van der Waals surface area contributed by atoms with Crippen LogP contribution in [0.25, 0.3) is 0 Å². The molecule has 3 unspecified atom stereocenters. The zero-order valence-electron chi connectivity index (χ0n) is 19.2. The van der Waals surface area contributed by atoms with Crippen LogP contribution in [0.1, 0.15) is 105 Å². The SMILES string of the molecule is C[C@H](CCC(C)(C)O)[C@H]1CCC2C3CC[C@H]4C[C@](C)(O)CC[C@@H]4C3CC[C@@]21C. The van der Waals surface area contributed by atoms with Crippen LogP contribution in [0.15, 0.2) is 0 Å². The Balaban J connectivity index is 1.45. The Kier molecular flexibility index (Phi) is 5.49. The van der Waals surface area contributed by atoms with Crippen molar-refractivity contribution in [2.75, 3.05) is 0 Å². The average Bonchev–Trinajstić information content (AvgIpc) is 2.95. The van der Waals surface area contributed by atoms with E-state index in [0.717, 1.165) is 60.7 Å². The van der Waals surface area contributed by atoms with Gasteiger partial charge in [0.1, 0.15) is 0 Å². The molecule has 9 atom stereocenters. The van der Waals surface area contributed by atoms with E-state index in [1.54, 1.807) is 0 Å². The summed E-state index contributed by atoms with van der Waals surface area (Å²) in [4.78, 5) is 0. The number of hydrogen-bond donors (Lipinski definition) is 2. The van der Waals surface area contributed by atoms with Crippen molar-refractivity contribution >= 4 is 0 Å². The summed E-state index contributed by atoms with van der Waals surface area (Å²) in [5.41, 5.74) is -0.385. The molecule has 4 aliphatic carbocycles. The van der Waals surface area contributed by atoms with Crippen LogP contribution in [0.4, 0.5) is 0 Å². The van der Waals surface area contributed by atoms with Gasteiger partial charge >= 0.3 is 0 Å². The first kappa shape index (κ1) is 21.2. The Labute approximate surface area is 173 Å². The smallest absolute Gasteiger partial charge is 0.0622 e. The fraction of sp³-hybridized carbons (Fsp3) is 1.00. The van der Waals surface area contributed by atoms with Crippen molar-refractivity contribution in [1.82, 2.24) is 0 Å². The summed E-state index contributed by atoms with van der Waals surface area (Å²) < 4.78 is 0. The topological polar surface area (TPSA) is 40.5 Å². The Morgan fingerprint density at radius 3 is 2.36 bits per heavy atom. The van der Waals surface area contributed by atoms with Crippen LogP contribution in [-0.2, 0) is 0 Å². The van der Waals surface area contributed by atoms with Gasteiger partial charge in [-0.15, -0.1) is 0 Å². The predicted octanol–water partition coefficient (Wildman–Crippen LogP) is 6.19. The Hall–Kier alpha value is -0.0800. The maximum atomic E-state index is 10.6. The molecule has 0 radical (unpaired) electrons. The summed E-state index contributed by atoms with van der Waals surface area (Å²) in [6.07, 6.45) is 14.0. The van der Waals surface area contributed by atoms with Crippen molar-refractivity contribution in [2.45, 2.75) is 116 Å². The van der Waals surface area contributed by atoms with E-state index in [4.69, 9.17) is 0 Å². The molecule has 4 fully saturated rings. The first-order chi connectivity index (χ1) is 13.0. The van der Waals surface area contributed by atoms with Crippen molar-refractivity contribution in [3.05, 3.63) is 0 Å². The van der Waals surface area contributed by atoms with Gasteiger partial charge in [-0.3, -0.25) is 0 Å². The van der Waals surface area contributed by atoms with Gasteiger partial charge in [-0.25, -0.2) is 0 Å². The fourth-order valence-corrected chi connectivity index (χ4v) is 8.84. The van der Waals surface area contributed by atoms with Crippen LogP contribution in [0.3, 0.4) is 0 Å². The van der Waals surface area contributed by atoms with Crippen molar-refractivity contribution in [3.8, 4) is 0 Å². The maximum Gasteiger partial charge on any atom is 0.0622 e. The quantitative estimate of drug-likeness (QED) is 0.600. The Morgan fingerprint density at radius 2 is 1.64 bits per heavy atom. The van der Waals surface area contributed by atoms with Crippen LogP contribution >= 0.6 is 0 Å². The average molecular weight is 391 g/mol. The summed E-state index contributed by atoms with van der Waals surface area (Å²) in [5.74, 6) is 6.11. The highest BCUT2D eigenvalue weighted by Crippen LogP contribution is 2.65. The zero-order valence-corrected chi connectivity index (χ0v) is 19.2. The minimum Gasteiger partial charge on any atom is -0.390 e. The lowest BCUT2D eigenvalue weighted by Gasteiger charge is -2.57. The number of hydrogen-bond acceptors (Lipinski definition) is 2. The molecule has 4 rings (SSSR count). The normalized spacial score (nSPS) is 49.8. The third-order valence-corrected chi connectivity index (χ3v) is 10.2. The molecule has 0 amide bonds. The van der Waals surface area contributed by atoms with Gasteiger partial charge in [0.2, 0.25) is 0 Å². The molecule has 0 bridgehead atoms. The first-order valence-electron chi connectivity index (χ1n) is 12.4. The summed E-state index contributed by atoms with van der Waals surface area (Å²) in [6, 6.07) is 0. The van der Waals surface area contributed by atoms with Crippen molar-refractivity contribution in [2.24, 2.45) is 46.8 Å². The molecule has 28 heavy (non-hydrogen) atoms. The standard InChI is InChI=1S/C26H46O2/c1-17(10-13-24(2,3)27)22-8-9-23-21-7-6-18-16-25(4,28)14-11-19(18)20(21)12-15-26(22,23)5/h17-23,27-28H,6-16H2,1-5H3/t17-,18+,19+,20?,21?,22-,23?,25-,26-/m1/s1. The highest BCUT2D eigenvalue weighted by Gasteiger charge is 2.58. The van der Waals surface area contributed by atoms with E-state index >= 15 is 0 Å². The predicted molar refractivity (Wildman–Crippen MR) is 116 cm³/mol. The molecule has 0 heterocycles. The second-order valence-corrected chi connectivity index (χ2v) is 12.7. The molecule has 2 N–H and O–H groups in total. The third kappa shape index (κ3) is 3.82. The number of rotatable bonds is 4. The molecular formula is C26H46O2. The highest BCUT2D eigenvalue weighted by atomic mass is 16.3. The molecule has 4 saturated carbocycles. The van der Waals surface area contributed by atoms with Crippen molar-refractivity contribution in [1.29, 1.82) is 0 Å². The van der Waals surface area contributed by atoms with Crippen molar-refractivity contribution in [3.63, 3.8) is 0 Å². The second kappa shape index (κ2) is 7.26. The van der Waals surface area contributed by atoms with E-state index in [1.807, 2.05) is 13.8 Å². The van der Waals surface area contributed by atoms with E-state index < -0.39 is 11.2 Å². The molecule has 0 spiro atoms. The number of aliphatic hydroxyl groups is 2. The minimum absolute atomic E-state index is 0.397. The van der Waals surface area contributed by atoms with E-state index in [1.165, 1.54) is 51.4 Å². The lowest BCUT2D eigenvalue weighted by atomic mass is 9.48. The Morgan fingerprint density at radius 1 is 0.929 bits per heavy atom. The van der Waals surface area contributed by atoms with Gasteiger partial charge < -0.3 is 10.2 Å². The van der Waals surface area contributed by atoms with Gasteiger partial charge in [0, 0.05) is 0 Å². The minimum atomic E-state index is -0.522. The van der Waals surface area contributed by atoms with E-state index in [2.05, 4.69) is 20.8 Å². The maximum absolute atomic E-state index is 10.6. The Bertz CT molecular complexity index is 561. The van der Waals surface area contributed by atoms with Gasteiger partial charge in [-0.05, 0) is 138 Å². The number of fused-ring (bicyclic) bond motifs is 5. The van der Waals surface area contributed by atoms with Crippen molar-refractivity contribution < 1.29 is 10.2 Å². The van der Waals surface area contributed by atoms with Crippen LogP contribution in [0.2, 0.25) is 0 Å². The molecule has 0 saturated heterocycles. The highest BCUT2D eigenvalue weighted by molar-refractivity contribution is 5.07. The molecule has 0 aromatic rings. The lowest BCUT2D eigenvalue weighted by Crippen LogP contribution is -2.50. The molecule has 2 heteroatoms. The van der Waals surface area contributed by atoms with Gasteiger partial charge in [-0.1, -0.05) is 13.8 Å². The van der Waals surface area contributed by atoms with E-state index in [-0.39, 0.29) is 0 Å². The summed E-state index contributed by atoms with van der Waals surface area (Å²) in [6.45, 7) is 11.1. The monoisotopic (exact) mass is 390 g/mol. The third-order valence-electron chi connectivity index (χ3n) is 10.2. The van der Waals surface area contributed by atoms with Gasteiger partial charge in [-0.2, -0.15) is 0 Å². The molecule has 4 aliphatic rings. The van der Waals surface area contributed by atoms with Gasteiger partial charge in [0.15, 0.2) is 0 Å². The molecular weight excluding hydrogens is 344 g/mol. The first-order valence-corrected chi connectivity index (χ1v) is 12.4. The fourth-order valence-electron chi connectivity index (χ4n) is 8.84. The summed E-state index contributed by atoms with van der Waals surface area (Å²) in [5, 5.41) is 20.8. The van der Waals surface area contributed by atoms with Crippen LogP contribution in [0.5, 0.6) is 0 Å². The van der Waals surface area contributed by atoms with E-state index in [0.29, 0.717) is 5.41 Å². The molecule has 0 aliphatic heterocycles. The van der Waals surface area contributed by atoms with Gasteiger partial charge in [0.05, 0.1) is 11.2 Å². The van der Waals surface area contributed by atoms with Crippen LogP contribution in [-0.4, -0.2) is 21.4 Å². The van der Waals surface area contributed by atoms with E-state index in [9.17, 15) is 10.2 Å². The van der Waals surface area contributed by atoms with Crippen LogP contribution < -0.4 is 0 Å². The van der Waals surface area contributed by atoms with Gasteiger partial charge in [0.25, 0.3) is 0 Å². The summed E-state index contributed by atoms with van der Waals surface area (Å²) in [7, 11) is 0. The lowest BCUT2D eigenvalue weighted by molar-refractivity contribution is -0.103. The molecule has 0 aromatic heterocycles. The zero-order chi connectivity index (χ0) is 20.3.